The van der Waals surface area contributed by atoms with Crippen LogP contribution in [0.4, 0.5) is 0 Å². The molecule has 1 aromatic rings. The average molecular weight is 256 g/mol. The molecule has 0 saturated heterocycles. The van der Waals surface area contributed by atoms with Crippen molar-refractivity contribution in [1.82, 2.24) is 10.3 Å². The molecule has 98 valence electrons. The van der Waals surface area contributed by atoms with Crippen molar-refractivity contribution in [3.63, 3.8) is 0 Å². The summed E-state index contributed by atoms with van der Waals surface area (Å²) >= 11 is 1.68. The minimum atomic E-state index is 0.141. The Balaban J connectivity index is 2.67. The molecule has 0 aliphatic carbocycles. The average Bonchev–Trinajstić information content (AvgIpc) is 2.62. The monoisotopic (exact) mass is 256 g/mol. The molecule has 0 aromatic carbocycles. The van der Waals surface area contributed by atoms with E-state index in [0.717, 1.165) is 17.1 Å². The molecule has 2 atom stereocenters. The van der Waals surface area contributed by atoms with Gasteiger partial charge in [-0.25, -0.2) is 4.98 Å². The van der Waals surface area contributed by atoms with E-state index in [1.54, 1.807) is 11.3 Å². The Hall–Kier alpha value is -0.450. The largest absolute Gasteiger partial charge is 0.396 e. The van der Waals surface area contributed by atoms with Gasteiger partial charge in [-0.2, -0.15) is 0 Å². The molecule has 3 nitrogen and oxygen atoms in total. The SMILES string of the molecule is Cc1nc(C(C)NC(CCO)C(C)(C)C)cs1. The van der Waals surface area contributed by atoms with Crippen molar-refractivity contribution < 1.29 is 5.11 Å². The van der Waals surface area contributed by atoms with Gasteiger partial charge in [0.25, 0.3) is 0 Å². The number of nitrogens with zero attached hydrogens (tertiary/aromatic N) is 1. The zero-order chi connectivity index (χ0) is 13.1. The van der Waals surface area contributed by atoms with Gasteiger partial charge in [0.05, 0.1) is 10.7 Å². The number of hydrogen-bond acceptors (Lipinski definition) is 4. The van der Waals surface area contributed by atoms with E-state index < -0.39 is 0 Å². The highest BCUT2D eigenvalue weighted by Crippen LogP contribution is 2.25. The summed E-state index contributed by atoms with van der Waals surface area (Å²) in [5.74, 6) is 0. The van der Waals surface area contributed by atoms with Crippen molar-refractivity contribution in [2.24, 2.45) is 5.41 Å². The van der Waals surface area contributed by atoms with E-state index in [-0.39, 0.29) is 18.1 Å². The second-order valence-corrected chi connectivity index (χ2v) is 6.67. The number of rotatable bonds is 5. The fourth-order valence-electron chi connectivity index (χ4n) is 1.86. The van der Waals surface area contributed by atoms with Crippen molar-refractivity contribution in [2.45, 2.75) is 53.1 Å². The van der Waals surface area contributed by atoms with Gasteiger partial charge in [0.15, 0.2) is 0 Å². The third-order valence-corrected chi connectivity index (χ3v) is 3.79. The second kappa shape index (κ2) is 5.94. The fourth-order valence-corrected chi connectivity index (χ4v) is 2.57. The highest BCUT2D eigenvalue weighted by Gasteiger charge is 2.26. The van der Waals surface area contributed by atoms with Crippen LogP contribution < -0.4 is 5.32 Å². The molecule has 0 aliphatic heterocycles. The van der Waals surface area contributed by atoms with E-state index in [4.69, 9.17) is 5.11 Å². The number of hydrogen-bond donors (Lipinski definition) is 2. The van der Waals surface area contributed by atoms with Crippen LogP contribution in [0.3, 0.4) is 0 Å². The summed E-state index contributed by atoms with van der Waals surface area (Å²) in [5, 5.41) is 15.9. The molecule has 0 aliphatic rings. The number of thiazole rings is 1. The molecule has 0 bridgehead atoms. The first kappa shape index (κ1) is 14.6. The van der Waals surface area contributed by atoms with Crippen LogP contribution in [-0.4, -0.2) is 22.7 Å². The summed E-state index contributed by atoms with van der Waals surface area (Å²) in [6.07, 6.45) is 0.775. The molecule has 1 heterocycles. The molecular formula is C13H24N2OS. The molecule has 2 N–H and O–H groups in total. The molecule has 0 radical (unpaired) electrons. The van der Waals surface area contributed by atoms with E-state index in [1.165, 1.54) is 0 Å². The van der Waals surface area contributed by atoms with Crippen LogP contribution >= 0.6 is 11.3 Å². The normalized spacial score (nSPS) is 15.9. The Morgan fingerprint density at radius 3 is 2.53 bits per heavy atom. The van der Waals surface area contributed by atoms with E-state index >= 15 is 0 Å². The van der Waals surface area contributed by atoms with E-state index in [2.05, 4.69) is 43.4 Å². The van der Waals surface area contributed by atoms with E-state index in [0.29, 0.717) is 6.04 Å². The minimum absolute atomic E-state index is 0.141. The molecule has 0 amide bonds. The van der Waals surface area contributed by atoms with Gasteiger partial charge in [0.1, 0.15) is 0 Å². The number of aliphatic hydroxyl groups excluding tert-OH is 1. The molecular weight excluding hydrogens is 232 g/mol. The highest BCUT2D eigenvalue weighted by atomic mass is 32.1. The van der Waals surface area contributed by atoms with Gasteiger partial charge < -0.3 is 10.4 Å². The first-order valence-electron chi connectivity index (χ1n) is 6.13. The summed E-state index contributed by atoms with van der Waals surface area (Å²) in [4.78, 5) is 4.50. The zero-order valence-electron chi connectivity index (χ0n) is 11.4. The van der Waals surface area contributed by atoms with Crippen LogP contribution in [-0.2, 0) is 0 Å². The summed E-state index contributed by atoms with van der Waals surface area (Å²) in [6, 6.07) is 0.528. The maximum absolute atomic E-state index is 9.13. The lowest BCUT2D eigenvalue weighted by Gasteiger charge is -2.33. The van der Waals surface area contributed by atoms with Gasteiger partial charge in [-0.1, -0.05) is 20.8 Å². The van der Waals surface area contributed by atoms with Crippen molar-refractivity contribution in [3.05, 3.63) is 16.1 Å². The number of nitrogens with one attached hydrogen (secondary N) is 1. The molecule has 4 heteroatoms. The standard InChI is InChI=1S/C13H24N2OS/c1-9(11-8-17-10(2)15-11)14-12(6-7-16)13(3,4)5/h8-9,12,14,16H,6-7H2,1-5H3. The Bertz CT molecular complexity index is 343. The Kier molecular flexibility index (Phi) is 5.10. The molecule has 1 aromatic heterocycles. The summed E-state index contributed by atoms with van der Waals surface area (Å²) in [6.45, 7) is 11.0. The van der Waals surface area contributed by atoms with Crippen molar-refractivity contribution in [3.8, 4) is 0 Å². The number of aliphatic hydroxyl groups is 1. The summed E-state index contributed by atoms with van der Waals surface area (Å²) in [7, 11) is 0. The zero-order valence-corrected chi connectivity index (χ0v) is 12.3. The molecule has 0 spiro atoms. The maximum atomic E-state index is 9.13. The lowest BCUT2D eigenvalue weighted by atomic mass is 9.84. The lowest BCUT2D eigenvalue weighted by Crippen LogP contribution is -2.42. The third kappa shape index (κ3) is 4.37. The fraction of sp³-hybridized carbons (Fsp3) is 0.769. The maximum Gasteiger partial charge on any atom is 0.0898 e. The van der Waals surface area contributed by atoms with Crippen LogP contribution in [0.25, 0.3) is 0 Å². The molecule has 1 rings (SSSR count). The molecule has 0 saturated carbocycles. The second-order valence-electron chi connectivity index (χ2n) is 5.61. The van der Waals surface area contributed by atoms with Gasteiger partial charge in [0.2, 0.25) is 0 Å². The molecule has 17 heavy (non-hydrogen) atoms. The Morgan fingerprint density at radius 1 is 1.47 bits per heavy atom. The van der Waals surface area contributed by atoms with Crippen molar-refractivity contribution >= 4 is 11.3 Å². The number of aromatic nitrogens is 1. The van der Waals surface area contributed by atoms with Crippen LogP contribution in [0.5, 0.6) is 0 Å². The first-order chi connectivity index (χ1) is 7.84. The highest BCUT2D eigenvalue weighted by molar-refractivity contribution is 7.09. The van der Waals surface area contributed by atoms with Gasteiger partial charge in [-0.05, 0) is 25.7 Å². The number of aryl methyl sites for hydroxylation is 1. The van der Waals surface area contributed by atoms with Crippen LogP contribution in [0.1, 0.15) is 50.9 Å². The van der Waals surface area contributed by atoms with Crippen LogP contribution in [0.2, 0.25) is 0 Å². The van der Waals surface area contributed by atoms with Crippen LogP contribution in [0, 0.1) is 12.3 Å². The summed E-state index contributed by atoms with van der Waals surface area (Å²) < 4.78 is 0. The van der Waals surface area contributed by atoms with Crippen LogP contribution in [0.15, 0.2) is 5.38 Å². The minimum Gasteiger partial charge on any atom is -0.396 e. The van der Waals surface area contributed by atoms with Gasteiger partial charge >= 0.3 is 0 Å². The lowest BCUT2D eigenvalue weighted by molar-refractivity contribution is 0.187. The third-order valence-electron chi connectivity index (χ3n) is 2.99. The molecule has 2 unspecified atom stereocenters. The topological polar surface area (TPSA) is 45.2 Å². The van der Waals surface area contributed by atoms with E-state index in [9.17, 15) is 0 Å². The predicted molar refractivity (Wildman–Crippen MR) is 73.3 cm³/mol. The Labute approximate surface area is 108 Å². The Morgan fingerprint density at radius 2 is 2.12 bits per heavy atom. The predicted octanol–water partition coefficient (Wildman–Crippen LogP) is 2.90. The van der Waals surface area contributed by atoms with Crippen molar-refractivity contribution in [2.75, 3.05) is 6.61 Å². The van der Waals surface area contributed by atoms with Gasteiger partial charge in [0, 0.05) is 24.1 Å². The van der Waals surface area contributed by atoms with E-state index in [1.807, 2.05) is 6.92 Å². The molecule has 0 fully saturated rings. The summed E-state index contributed by atoms with van der Waals surface area (Å²) in [5.41, 5.74) is 1.24. The quantitative estimate of drug-likeness (QED) is 0.851. The van der Waals surface area contributed by atoms with Gasteiger partial charge in [-0.15, -0.1) is 11.3 Å². The van der Waals surface area contributed by atoms with Gasteiger partial charge in [-0.3, -0.25) is 0 Å². The first-order valence-corrected chi connectivity index (χ1v) is 7.01. The van der Waals surface area contributed by atoms with Crippen molar-refractivity contribution in [1.29, 1.82) is 0 Å². The smallest absolute Gasteiger partial charge is 0.0898 e.